The Kier molecular flexibility index (Phi) is 7.95. The number of nitrogens with one attached hydrogen (secondary N) is 1. The maximum atomic E-state index is 12.6. The number of nitrogens with zero attached hydrogens (tertiary/aromatic N) is 4. The predicted molar refractivity (Wildman–Crippen MR) is 127 cm³/mol. The van der Waals surface area contributed by atoms with Crippen LogP contribution >= 0.6 is 27.7 Å². The fraction of sp³-hybridized carbons (Fsp3) is 0.200. The van der Waals surface area contributed by atoms with Crippen LogP contribution in [0, 0.1) is 0 Å². The van der Waals surface area contributed by atoms with Crippen LogP contribution in [0.1, 0.15) is 15.9 Å². The summed E-state index contributed by atoms with van der Waals surface area (Å²) in [5.74, 6) is 7.94. The molecule has 10 nitrogen and oxygen atoms in total. The van der Waals surface area contributed by atoms with Crippen molar-refractivity contribution in [2.75, 3.05) is 38.4 Å². The molecule has 0 aliphatic heterocycles. The average molecular weight is 521 g/mol. The van der Waals surface area contributed by atoms with Crippen molar-refractivity contribution in [3.63, 3.8) is 0 Å². The molecule has 3 aromatic rings. The zero-order valence-electron chi connectivity index (χ0n) is 17.5. The summed E-state index contributed by atoms with van der Waals surface area (Å²) >= 11 is 4.57. The van der Waals surface area contributed by atoms with Gasteiger partial charge in [0.1, 0.15) is 5.75 Å². The van der Waals surface area contributed by atoms with Crippen LogP contribution in [0.15, 0.2) is 51.1 Å². The summed E-state index contributed by atoms with van der Waals surface area (Å²) in [5.41, 5.74) is 3.98. The van der Waals surface area contributed by atoms with Crippen molar-refractivity contribution in [3.05, 3.63) is 52.0 Å². The molecule has 0 bridgehead atoms. The number of nitrogens with two attached hydrogens (primary N) is 1. The first kappa shape index (κ1) is 23.4. The van der Waals surface area contributed by atoms with E-state index in [0.717, 1.165) is 21.8 Å². The number of nitrogen functional groups attached to an aromatic ring is 1. The lowest BCUT2D eigenvalue weighted by Gasteiger charge is -2.09. The minimum atomic E-state index is -0.117. The third-order valence-corrected chi connectivity index (χ3v) is 5.70. The smallest absolute Gasteiger partial charge is 0.264 e. The first-order valence-corrected chi connectivity index (χ1v) is 11.0. The number of benzene rings is 2. The number of hydrogen-bond acceptors (Lipinski definition) is 10. The molecule has 0 saturated carbocycles. The standard InChI is InChI=1S/C20H21BrN6O4S/c1-29-16-7-5-14(21)8-13(16)10-23-24-19-25-26-20(27(19)22)32-11-15(28)12-4-6-17(30-2)18(9-12)31-3/h4-10H,11,22H2,1-3H3,(H,24,25)/b23-10+. The second-order valence-corrected chi connectivity index (χ2v) is 8.07. The highest BCUT2D eigenvalue weighted by molar-refractivity contribution is 9.10. The van der Waals surface area contributed by atoms with Gasteiger partial charge >= 0.3 is 0 Å². The van der Waals surface area contributed by atoms with E-state index in [-0.39, 0.29) is 17.5 Å². The van der Waals surface area contributed by atoms with Crippen LogP contribution in [0.2, 0.25) is 0 Å². The SMILES string of the molecule is COc1ccc(Br)cc1/C=N/Nc1nnc(SCC(=O)c2ccc(OC)c(OC)c2)n1N. The summed E-state index contributed by atoms with van der Waals surface area (Å²) in [7, 11) is 4.63. The van der Waals surface area contributed by atoms with Gasteiger partial charge in [-0.2, -0.15) is 5.10 Å². The van der Waals surface area contributed by atoms with Crippen LogP contribution in [-0.2, 0) is 0 Å². The predicted octanol–water partition coefficient (Wildman–Crippen LogP) is 3.20. The van der Waals surface area contributed by atoms with E-state index in [0.29, 0.717) is 28.0 Å². The highest BCUT2D eigenvalue weighted by atomic mass is 79.9. The van der Waals surface area contributed by atoms with E-state index in [1.54, 1.807) is 31.5 Å². The largest absolute Gasteiger partial charge is 0.496 e. The molecule has 0 unspecified atom stereocenters. The van der Waals surface area contributed by atoms with Gasteiger partial charge in [0.2, 0.25) is 5.16 Å². The molecule has 2 aromatic carbocycles. The van der Waals surface area contributed by atoms with Gasteiger partial charge in [0.05, 0.1) is 33.3 Å². The van der Waals surface area contributed by atoms with Crippen molar-refractivity contribution in [3.8, 4) is 17.2 Å². The van der Waals surface area contributed by atoms with E-state index < -0.39 is 0 Å². The van der Waals surface area contributed by atoms with E-state index in [1.807, 2.05) is 18.2 Å². The molecule has 0 spiro atoms. The highest BCUT2D eigenvalue weighted by Crippen LogP contribution is 2.28. The maximum Gasteiger partial charge on any atom is 0.264 e. The van der Waals surface area contributed by atoms with Gasteiger partial charge in [-0.15, -0.1) is 10.2 Å². The number of carbonyl (C=O) groups is 1. The monoisotopic (exact) mass is 520 g/mol. The molecular weight excluding hydrogens is 500 g/mol. The Balaban J connectivity index is 1.63. The molecule has 0 amide bonds. The lowest BCUT2D eigenvalue weighted by molar-refractivity contribution is 0.102. The van der Waals surface area contributed by atoms with Crippen LogP contribution in [0.5, 0.6) is 17.2 Å². The molecule has 3 N–H and O–H groups in total. The molecule has 1 aromatic heterocycles. The third-order valence-electron chi connectivity index (χ3n) is 4.26. The average Bonchev–Trinajstić information content (AvgIpc) is 3.16. The van der Waals surface area contributed by atoms with Crippen LogP contribution < -0.4 is 25.5 Å². The molecule has 0 fully saturated rings. The zero-order valence-corrected chi connectivity index (χ0v) is 19.9. The van der Waals surface area contributed by atoms with Crippen molar-refractivity contribution < 1.29 is 19.0 Å². The molecule has 1 heterocycles. The van der Waals surface area contributed by atoms with E-state index >= 15 is 0 Å². The van der Waals surface area contributed by atoms with E-state index in [4.69, 9.17) is 20.1 Å². The second-order valence-electron chi connectivity index (χ2n) is 6.21. The Morgan fingerprint density at radius 1 is 1.12 bits per heavy atom. The van der Waals surface area contributed by atoms with Gasteiger partial charge in [-0.05, 0) is 36.4 Å². The number of aromatic nitrogens is 3. The topological polar surface area (TPSA) is 126 Å². The number of thioether (sulfide) groups is 1. The van der Waals surface area contributed by atoms with Crippen LogP contribution in [0.4, 0.5) is 5.95 Å². The number of ketones is 1. The third kappa shape index (κ3) is 5.51. The Bertz CT molecular complexity index is 1140. The summed E-state index contributed by atoms with van der Waals surface area (Å²) in [6, 6.07) is 10.5. The molecule has 0 aliphatic carbocycles. The Labute approximate surface area is 197 Å². The number of anilines is 1. The Morgan fingerprint density at radius 3 is 2.56 bits per heavy atom. The zero-order chi connectivity index (χ0) is 23.1. The number of hydrazone groups is 1. The van der Waals surface area contributed by atoms with Gasteiger partial charge in [-0.3, -0.25) is 4.79 Å². The second kappa shape index (κ2) is 10.9. The van der Waals surface area contributed by atoms with Crippen LogP contribution in [0.25, 0.3) is 0 Å². The lowest BCUT2D eigenvalue weighted by Crippen LogP contribution is -2.14. The van der Waals surface area contributed by atoms with Crippen LogP contribution in [0.3, 0.4) is 0 Å². The lowest BCUT2D eigenvalue weighted by atomic mass is 10.1. The first-order chi connectivity index (χ1) is 15.5. The minimum Gasteiger partial charge on any atom is -0.496 e. The number of methoxy groups -OCH3 is 3. The van der Waals surface area contributed by atoms with Gasteiger partial charge in [0.25, 0.3) is 5.95 Å². The number of carbonyl (C=O) groups excluding carboxylic acids is 1. The van der Waals surface area contributed by atoms with Crippen molar-refractivity contribution in [1.29, 1.82) is 0 Å². The fourth-order valence-electron chi connectivity index (χ4n) is 2.64. The number of Topliss-reactive ketones (excluding diaryl/α,β-unsaturated/α-hetero) is 1. The number of hydrogen-bond donors (Lipinski definition) is 2. The van der Waals surface area contributed by atoms with E-state index in [9.17, 15) is 4.79 Å². The maximum absolute atomic E-state index is 12.6. The fourth-order valence-corrected chi connectivity index (χ4v) is 3.77. The molecule has 0 saturated heterocycles. The number of ether oxygens (including phenoxy) is 3. The summed E-state index contributed by atoms with van der Waals surface area (Å²) in [6.07, 6.45) is 1.58. The highest BCUT2D eigenvalue weighted by Gasteiger charge is 2.15. The van der Waals surface area contributed by atoms with Gasteiger partial charge in [0, 0.05) is 15.6 Å². The first-order valence-electron chi connectivity index (χ1n) is 9.18. The van der Waals surface area contributed by atoms with Gasteiger partial charge in [-0.1, -0.05) is 27.7 Å². The summed E-state index contributed by atoms with van der Waals surface area (Å²) < 4.78 is 17.8. The van der Waals surface area contributed by atoms with Gasteiger partial charge in [-0.25, -0.2) is 10.1 Å². The van der Waals surface area contributed by atoms with E-state index in [1.165, 1.54) is 18.9 Å². The van der Waals surface area contributed by atoms with Crippen molar-refractivity contribution in [1.82, 2.24) is 14.9 Å². The van der Waals surface area contributed by atoms with Crippen molar-refractivity contribution in [2.45, 2.75) is 5.16 Å². The number of rotatable bonds is 10. The normalized spacial score (nSPS) is 10.9. The molecular formula is C20H21BrN6O4S. The minimum absolute atomic E-state index is 0.114. The summed E-state index contributed by atoms with van der Waals surface area (Å²) in [5, 5.41) is 12.5. The van der Waals surface area contributed by atoms with Gasteiger partial charge < -0.3 is 20.1 Å². The Morgan fingerprint density at radius 2 is 1.84 bits per heavy atom. The Hall–Kier alpha value is -3.25. The van der Waals surface area contributed by atoms with Crippen molar-refractivity contribution in [2.24, 2.45) is 5.10 Å². The molecule has 168 valence electrons. The molecule has 0 radical (unpaired) electrons. The van der Waals surface area contributed by atoms with Gasteiger partial charge in [0.15, 0.2) is 17.3 Å². The molecule has 12 heteroatoms. The summed E-state index contributed by atoms with van der Waals surface area (Å²) in [6.45, 7) is 0. The molecule has 32 heavy (non-hydrogen) atoms. The molecule has 0 atom stereocenters. The van der Waals surface area contributed by atoms with Crippen LogP contribution in [-0.4, -0.2) is 54.0 Å². The quantitative estimate of drug-likeness (QED) is 0.136. The molecule has 3 rings (SSSR count). The summed E-state index contributed by atoms with van der Waals surface area (Å²) in [4.78, 5) is 12.6. The van der Waals surface area contributed by atoms with E-state index in [2.05, 4.69) is 36.7 Å². The van der Waals surface area contributed by atoms with Crippen molar-refractivity contribution >= 4 is 45.6 Å². The molecule has 0 aliphatic rings. The number of halogens is 1.